The second-order valence-corrected chi connectivity index (χ2v) is 27.7. The Morgan fingerprint density at radius 3 is 0.867 bits per heavy atom. The molecule has 562 valence electrons. The fourth-order valence-corrected chi connectivity index (χ4v) is 11.2. The average molecular weight is 1420 g/mol. The number of carbonyl (C=O) groups is 4. The molecule has 0 saturated heterocycles. The molecule has 0 saturated carbocycles. The molecule has 0 aliphatic carbocycles. The van der Waals surface area contributed by atoms with Crippen LogP contribution in [0.25, 0.3) is 0 Å². The highest BCUT2D eigenvalue weighted by atomic mass is 31.2. The SMILES string of the molecule is CC/C=C\C/C=C\C/C=C\C/C=C\C/C=C\CCCC(=O)OCC(COP(=O)(O)OCC(O)COP(=O)(O)OCC(COC(=O)CCCCCCC/C=C\CCCCCC)OC(=O)CCCCCCC/C=C\CCCCCC)OC(=O)CCCCCCC/C=C\C/C=C\C/C=C\CC. The molecular formula is C79H134O17P2. The third-order valence-electron chi connectivity index (χ3n) is 15.4. The summed E-state index contributed by atoms with van der Waals surface area (Å²) in [5.41, 5.74) is 0. The first kappa shape index (κ1) is 93.5. The number of hydrogen-bond acceptors (Lipinski definition) is 15. The Labute approximate surface area is 593 Å². The molecule has 0 rings (SSSR count). The van der Waals surface area contributed by atoms with E-state index in [0.717, 1.165) is 161 Å². The number of carbonyl (C=O) groups excluding carboxylic acids is 4. The summed E-state index contributed by atoms with van der Waals surface area (Å²) in [5, 5.41) is 10.6. The van der Waals surface area contributed by atoms with Crippen molar-refractivity contribution < 1.29 is 80.2 Å². The molecule has 3 N–H and O–H groups in total. The van der Waals surface area contributed by atoms with Crippen molar-refractivity contribution in [2.45, 2.75) is 316 Å². The summed E-state index contributed by atoms with van der Waals surface area (Å²) < 4.78 is 68.4. The zero-order chi connectivity index (χ0) is 71.8. The van der Waals surface area contributed by atoms with Gasteiger partial charge in [-0.15, -0.1) is 0 Å². The number of phosphoric ester groups is 2. The van der Waals surface area contributed by atoms with Gasteiger partial charge in [-0.3, -0.25) is 37.3 Å². The van der Waals surface area contributed by atoms with E-state index in [1.165, 1.54) is 51.4 Å². The lowest BCUT2D eigenvalue weighted by molar-refractivity contribution is -0.161. The molecule has 0 amide bonds. The summed E-state index contributed by atoms with van der Waals surface area (Å²) in [6.45, 7) is 4.51. The molecule has 0 spiro atoms. The Bertz CT molecular complexity index is 2340. The van der Waals surface area contributed by atoms with Crippen LogP contribution in [0.3, 0.4) is 0 Å². The van der Waals surface area contributed by atoms with E-state index in [1.54, 1.807) is 0 Å². The molecule has 0 aromatic rings. The van der Waals surface area contributed by atoms with E-state index in [-0.39, 0.29) is 25.7 Å². The monoisotopic (exact) mass is 1420 g/mol. The maximum absolute atomic E-state index is 13.1. The molecule has 0 fully saturated rings. The highest BCUT2D eigenvalue weighted by Crippen LogP contribution is 2.45. The van der Waals surface area contributed by atoms with Crippen LogP contribution in [0.1, 0.15) is 297 Å². The second-order valence-electron chi connectivity index (χ2n) is 24.8. The first-order valence-electron chi connectivity index (χ1n) is 37.8. The Balaban J connectivity index is 5.42. The van der Waals surface area contributed by atoms with Crippen LogP contribution >= 0.6 is 15.6 Å². The van der Waals surface area contributed by atoms with Crippen molar-refractivity contribution in [1.29, 1.82) is 0 Å². The van der Waals surface area contributed by atoms with E-state index in [4.69, 9.17) is 37.0 Å². The van der Waals surface area contributed by atoms with Gasteiger partial charge in [0, 0.05) is 25.7 Å². The molecule has 0 aromatic heterocycles. The van der Waals surface area contributed by atoms with Crippen LogP contribution < -0.4 is 0 Å². The molecule has 17 nitrogen and oxygen atoms in total. The zero-order valence-electron chi connectivity index (χ0n) is 61.2. The number of allylic oxidation sites excluding steroid dienone is 20. The van der Waals surface area contributed by atoms with Gasteiger partial charge in [-0.2, -0.15) is 0 Å². The molecule has 0 radical (unpaired) electrons. The first-order valence-corrected chi connectivity index (χ1v) is 40.8. The van der Waals surface area contributed by atoms with Crippen LogP contribution in [0.4, 0.5) is 0 Å². The average Bonchev–Trinajstić information content (AvgIpc) is 1.05. The van der Waals surface area contributed by atoms with Gasteiger partial charge in [0.15, 0.2) is 12.2 Å². The molecule has 5 atom stereocenters. The minimum atomic E-state index is -4.99. The normalized spacial score (nSPS) is 14.6. The van der Waals surface area contributed by atoms with Crippen molar-refractivity contribution in [2.24, 2.45) is 0 Å². The minimum Gasteiger partial charge on any atom is -0.462 e. The molecule has 19 heteroatoms. The van der Waals surface area contributed by atoms with E-state index in [2.05, 4.69) is 137 Å². The van der Waals surface area contributed by atoms with Crippen molar-refractivity contribution >= 4 is 39.5 Å². The van der Waals surface area contributed by atoms with E-state index in [9.17, 15) is 43.2 Å². The van der Waals surface area contributed by atoms with Crippen LogP contribution in [0.2, 0.25) is 0 Å². The minimum absolute atomic E-state index is 0.0604. The van der Waals surface area contributed by atoms with Crippen molar-refractivity contribution in [3.05, 3.63) is 122 Å². The van der Waals surface area contributed by atoms with Crippen LogP contribution in [0.15, 0.2) is 122 Å². The number of esters is 4. The Kier molecular flexibility index (Phi) is 67.6. The van der Waals surface area contributed by atoms with Crippen LogP contribution in [-0.2, 0) is 65.4 Å². The van der Waals surface area contributed by atoms with Gasteiger partial charge in [-0.1, -0.05) is 246 Å². The zero-order valence-corrected chi connectivity index (χ0v) is 63.0. The van der Waals surface area contributed by atoms with Gasteiger partial charge in [0.05, 0.1) is 26.4 Å². The van der Waals surface area contributed by atoms with Crippen molar-refractivity contribution in [3.63, 3.8) is 0 Å². The maximum atomic E-state index is 13.1. The third-order valence-corrected chi connectivity index (χ3v) is 17.3. The summed E-state index contributed by atoms with van der Waals surface area (Å²) in [7, 11) is -9.97. The van der Waals surface area contributed by atoms with Gasteiger partial charge in [-0.25, -0.2) is 9.13 Å². The second kappa shape index (κ2) is 70.9. The van der Waals surface area contributed by atoms with Gasteiger partial charge >= 0.3 is 39.5 Å². The largest absolute Gasteiger partial charge is 0.472 e. The molecule has 0 aromatic carbocycles. The Morgan fingerprint density at radius 1 is 0.296 bits per heavy atom. The van der Waals surface area contributed by atoms with E-state index < -0.39 is 97.5 Å². The molecule has 0 aliphatic rings. The number of phosphoric acid groups is 2. The van der Waals surface area contributed by atoms with Crippen LogP contribution in [-0.4, -0.2) is 96.7 Å². The third kappa shape index (κ3) is 69.9. The van der Waals surface area contributed by atoms with Crippen molar-refractivity contribution in [1.82, 2.24) is 0 Å². The van der Waals surface area contributed by atoms with Gasteiger partial charge in [0.2, 0.25) is 0 Å². The predicted molar refractivity (Wildman–Crippen MR) is 399 cm³/mol. The lowest BCUT2D eigenvalue weighted by Gasteiger charge is -2.21. The predicted octanol–water partition coefficient (Wildman–Crippen LogP) is 21.6. The van der Waals surface area contributed by atoms with Gasteiger partial charge in [0.1, 0.15) is 19.3 Å². The van der Waals surface area contributed by atoms with Gasteiger partial charge < -0.3 is 33.8 Å². The standard InChI is InChI=1S/C79H134O17P2/c1-5-9-13-17-21-25-29-33-35-36-38-41-44-48-52-56-60-64-77(82)90-70-75(96-79(84)66-62-58-54-50-46-42-37-34-30-26-22-18-14-10-6-2)72-94-98(87,88)92-68-73(80)67-91-97(85,86)93-71-74(95-78(83)65-61-57-53-49-45-40-32-28-24-20-16-12-8-4)69-89-76(81)63-59-55-51-47-43-39-31-27-23-19-15-11-7-3/h9-10,13-14,21-22,25-28,31-35,37-38,41,48,52,73-75,80H,5-8,11-12,15-20,23-24,29-30,36,39-40,42-47,49-51,53-72H2,1-4H3,(H,85,86)(H,87,88)/b13-9-,14-10-,25-21-,26-22-,31-27-,32-28-,35-33-,37-34-,41-38-,52-48-. The molecule has 98 heavy (non-hydrogen) atoms. The van der Waals surface area contributed by atoms with Crippen LogP contribution in [0.5, 0.6) is 0 Å². The summed E-state index contributed by atoms with van der Waals surface area (Å²) >= 11 is 0. The molecule has 0 heterocycles. The van der Waals surface area contributed by atoms with Crippen molar-refractivity contribution in [3.8, 4) is 0 Å². The fourth-order valence-electron chi connectivity index (χ4n) is 9.67. The Hall–Kier alpha value is -4.54. The quantitative estimate of drug-likeness (QED) is 0.0169. The molecule has 5 unspecified atom stereocenters. The first-order chi connectivity index (χ1) is 47.7. The lowest BCUT2D eigenvalue weighted by atomic mass is 10.1. The number of hydrogen-bond donors (Lipinski definition) is 3. The number of aliphatic hydroxyl groups is 1. The lowest BCUT2D eigenvalue weighted by Crippen LogP contribution is -2.30. The summed E-state index contributed by atoms with van der Waals surface area (Å²) in [4.78, 5) is 72.8. The van der Waals surface area contributed by atoms with E-state index in [1.807, 2.05) is 12.2 Å². The number of unbranched alkanes of at least 4 members (excludes halogenated alkanes) is 24. The highest BCUT2D eigenvalue weighted by Gasteiger charge is 2.30. The fraction of sp³-hybridized carbons (Fsp3) is 0.696. The number of aliphatic hydroxyl groups excluding tert-OH is 1. The molecule has 0 aliphatic heterocycles. The molecular weight excluding hydrogens is 1280 g/mol. The highest BCUT2D eigenvalue weighted by molar-refractivity contribution is 7.47. The van der Waals surface area contributed by atoms with Crippen molar-refractivity contribution in [2.75, 3.05) is 39.6 Å². The number of ether oxygens (including phenoxy) is 4. The summed E-state index contributed by atoms with van der Waals surface area (Å²) in [6.07, 6.45) is 76.3. The smallest absolute Gasteiger partial charge is 0.462 e. The van der Waals surface area contributed by atoms with Crippen LogP contribution in [0, 0.1) is 0 Å². The molecule has 0 bridgehead atoms. The topological polar surface area (TPSA) is 237 Å². The number of rotatable bonds is 70. The summed E-state index contributed by atoms with van der Waals surface area (Å²) in [5.74, 6) is -2.28. The summed E-state index contributed by atoms with van der Waals surface area (Å²) in [6, 6.07) is 0. The van der Waals surface area contributed by atoms with E-state index >= 15 is 0 Å². The Morgan fingerprint density at radius 2 is 0.541 bits per heavy atom. The van der Waals surface area contributed by atoms with Gasteiger partial charge in [-0.05, 0) is 148 Å². The van der Waals surface area contributed by atoms with Gasteiger partial charge in [0.25, 0.3) is 0 Å². The maximum Gasteiger partial charge on any atom is 0.472 e. The van der Waals surface area contributed by atoms with E-state index in [0.29, 0.717) is 32.1 Å².